The quantitative estimate of drug-likeness (QED) is 0.349. The molecule has 0 saturated heterocycles. The van der Waals surface area contributed by atoms with Crippen LogP contribution in [0.1, 0.15) is 46.5 Å². The SMILES string of the molecule is CC(C)(C)CCCC/C=C/C=O. The largest absolute Gasteiger partial charge is 0.299 e. The minimum absolute atomic E-state index is 0.453. The van der Waals surface area contributed by atoms with Crippen molar-refractivity contribution in [1.82, 2.24) is 0 Å². The van der Waals surface area contributed by atoms with Crippen LogP contribution in [0, 0.1) is 5.41 Å². The highest BCUT2D eigenvalue weighted by atomic mass is 16.1. The van der Waals surface area contributed by atoms with Crippen LogP contribution in [0.2, 0.25) is 0 Å². The molecule has 0 aliphatic heterocycles. The van der Waals surface area contributed by atoms with Gasteiger partial charge in [0.15, 0.2) is 0 Å². The van der Waals surface area contributed by atoms with Gasteiger partial charge in [0.05, 0.1) is 0 Å². The summed E-state index contributed by atoms with van der Waals surface area (Å²) in [5.41, 5.74) is 0.453. The van der Waals surface area contributed by atoms with Crippen LogP contribution in [0.5, 0.6) is 0 Å². The summed E-state index contributed by atoms with van der Waals surface area (Å²) >= 11 is 0. The van der Waals surface area contributed by atoms with Crippen molar-refractivity contribution < 1.29 is 4.79 Å². The highest BCUT2D eigenvalue weighted by Gasteiger charge is 2.07. The number of hydrogen-bond donors (Lipinski definition) is 0. The van der Waals surface area contributed by atoms with Gasteiger partial charge in [-0.05, 0) is 30.8 Å². The van der Waals surface area contributed by atoms with Gasteiger partial charge in [-0.15, -0.1) is 0 Å². The maximum atomic E-state index is 9.91. The molecule has 1 nitrogen and oxygen atoms in total. The van der Waals surface area contributed by atoms with Crippen LogP contribution in [0.25, 0.3) is 0 Å². The Morgan fingerprint density at radius 3 is 2.33 bits per heavy atom. The highest BCUT2D eigenvalue weighted by molar-refractivity contribution is 5.64. The fourth-order valence-corrected chi connectivity index (χ4v) is 1.07. The molecular formula is C11H20O. The van der Waals surface area contributed by atoms with Gasteiger partial charge in [0.1, 0.15) is 6.29 Å². The first-order valence-electron chi connectivity index (χ1n) is 4.66. The van der Waals surface area contributed by atoms with Gasteiger partial charge in [-0.25, -0.2) is 0 Å². The first-order valence-corrected chi connectivity index (χ1v) is 4.66. The second kappa shape index (κ2) is 5.99. The van der Waals surface area contributed by atoms with E-state index >= 15 is 0 Å². The molecule has 0 aromatic carbocycles. The van der Waals surface area contributed by atoms with Crippen molar-refractivity contribution in [2.24, 2.45) is 5.41 Å². The number of hydrogen-bond acceptors (Lipinski definition) is 1. The van der Waals surface area contributed by atoms with Gasteiger partial charge in [-0.3, -0.25) is 4.79 Å². The Morgan fingerprint density at radius 1 is 1.17 bits per heavy atom. The molecule has 0 rings (SSSR count). The Balaban J connectivity index is 3.22. The molecule has 1 heteroatoms. The van der Waals surface area contributed by atoms with Crippen LogP contribution in [0.3, 0.4) is 0 Å². The average molecular weight is 168 g/mol. The highest BCUT2D eigenvalue weighted by Crippen LogP contribution is 2.21. The average Bonchev–Trinajstić information content (AvgIpc) is 1.94. The number of aldehydes is 1. The van der Waals surface area contributed by atoms with Gasteiger partial charge < -0.3 is 0 Å². The van der Waals surface area contributed by atoms with E-state index < -0.39 is 0 Å². The molecule has 0 saturated carbocycles. The Morgan fingerprint density at radius 2 is 1.83 bits per heavy atom. The van der Waals surface area contributed by atoms with Gasteiger partial charge in [-0.2, -0.15) is 0 Å². The molecule has 0 unspecified atom stereocenters. The molecule has 12 heavy (non-hydrogen) atoms. The third kappa shape index (κ3) is 9.41. The van der Waals surface area contributed by atoms with E-state index in [1.165, 1.54) is 19.3 Å². The lowest BCUT2D eigenvalue weighted by molar-refractivity contribution is -0.104. The van der Waals surface area contributed by atoms with E-state index in [4.69, 9.17) is 0 Å². The van der Waals surface area contributed by atoms with Crippen LogP contribution < -0.4 is 0 Å². The smallest absolute Gasteiger partial charge is 0.142 e. The maximum Gasteiger partial charge on any atom is 0.142 e. The third-order valence-corrected chi connectivity index (χ3v) is 1.76. The van der Waals surface area contributed by atoms with E-state index in [1.807, 2.05) is 6.08 Å². The van der Waals surface area contributed by atoms with Crippen LogP contribution in [0.15, 0.2) is 12.2 Å². The molecule has 0 aliphatic rings. The first kappa shape index (κ1) is 11.4. The Bertz CT molecular complexity index is 140. The fourth-order valence-electron chi connectivity index (χ4n) is 1.07. The van der Waals surface area contributed by atoms with E-state index in [2.05, 4.69) is 20.8 Å². The second-order valence-corrected chi connectivity index (χ2v) is 4.37. The van der Waals surface area contributed by atoms with Gasteiger partial charge in [0.25, 0.3) is 0 Å². The number of rotatable bonds is 5. The normalized spacial score (nSPS) is 12.2. The number of unbranched alkanes of at least 4 members (excludes halogenated alkanes) is 2. The molecule has 0 aromatic heterocycles. The van der Waals surface area contributed by atoms with Crippen molar-refractivity contribution >= 4 is 6.29 Å². The second-order valence-electron chi connectivity index (χ2n) is 4.37. The number of carbonyl (C=O) groups excluding carboxylic acids is 1. The van der Waals surface area contributed by atoms with E-state index in [1.54, 1.807) is 6.08 Å². The number of carbonyl (C=O) groups is 1. The van der Waals surface area contributed by atoms with Crippen molar-refractivity contribution in [3.8, 4) is 0 Å². The zero-order chi connectivity index (χ0) is 9.45. The Kier molecular flexibility index (Phi) is 5.69. The molecule has 0 bridgehead atoms. The lowest BCUT2D eigenvalue weighted by Crippen LogP contribution is -2.03. The summed E-state index contributed by atoms with van der Waals surface area (Å²) in [5.74, 6) is 0. The fraction of sp³-hybridized carbons (Fsp3) is 0.727. The van der Waals surface area contributed by atoms with Crippen LogP contribution >= 0.6 is 0 Å². The van der Waals surface area contributed by atoms with Gasteiger partial charge in [-0.1, -0.05) is 33.3 Å². The predicted octanol–water partition coefficient (Wildman–Crippen LogP) is 3.35. The standard InChI is InChI=1S/C11H20O/c1-11(2,3)9-7-5-4-6-8-10-12/h6,8,10H,4-5,7,9H2,1-3H3/b8-6+. The lowest BCUT2D eigenvalue weighted by atomic mass is 9.89. The molecule has 0 aromatic rings. The molecule has 0 amide bonds. The summed E-state index contributed by atoms with van der Waals surface area (Å²) in [5, 5.41) is 0. The molecule has 70 valence electrons. The minimum atomic E-state index is 0.453. The molecular weight excluding hydrogens is 148 g/mol. The topological polar surface area (TPSA) is 17.1 Å². The summed E-state index contributed by atoms with van der Waals surface area (Å²) in [6, 6.07) is 0. The maximum absolute atomic E-state index is 9.91. The summed E-state index contributed by atoms with van der Waals surface area (Å²) in [4.78, 5) is 9.91. The van der Waals surface area contributed by atoms with Crippen molar-refractivity contribution in [3.63, 3.8) is 0 Å². The van der Waals surface area contributed by atoms with Gasteiger partial charge in [0.2, 0.25) is 0 Å². The minimum Gasteiger partial charge on any atom is -0.299 e. The van der Waals surface area contributed by atoms with Crippen molar-refractivity contribution in [2.75, 3.05) is 0 Å². The molecule has 0 spiro atoms. The zero-order valence-electron chi connectivity index (χ0n) is 8.47. The van der Waals surface area contributed by atoms with E-state index in [0.717, 1.165) is 12.7 Å². The van der Waals surface area contributed by atoms with Crippen LogP contribution in [-0.2, 0) is 4.79 Å². The third-order valence-electron chi connectivity index (χ3n) is 1.76. The van der Waals surface area contributed by atoms with Crippen molar-refractivity contribution in [3.05, 3.63) is 12.2 Å². The van der Waals surface area contributed by atoms with Crippen molar-refractivity contribution in [1.29, 1.82) is 0 Å². The molecule has 0 fully saturated rings. The molecule has 0 radical (unpaired) electrons. The summed E-state index contributed by atoms with van der Waals surface area (Å²) in [7, 11) is 0. The monoisotopic (exact) mass is 168 g/mol. The van der Waals surface area contributed by atoms with Gasteiger partial charge >= 0.3 is 0 Å². The van der Waals surface area contributed by atoms with E-state index in [0.29, 0.717) is 5.41 Å². The number of allylic oxidation sites excluding steroid dienone is 2. The lowest BCUT2D eigenvalue weighted by Gasteiger charge is -2.16. The molecule has 0 heterocycles. The molecule has 0 atom stereocenters. The predicted molar refractivity (Wildman–Crippen MR) is 53.1 cm³/mol. The first-order chi connectivity index (χ1) is 5.56. The van der Waals surface area contributed by atoms with Crippen molar-refractivity contribution in [2.45, 2.75) is 46.5 Å². The van der Waals surface area contributed by atoms with E-state index in [-0.39, 0.29) is 0 Å². The summed E-state index contributed by atoms with van der Waals surface area (Å²) < 4.78 is 0. The van der Waals surface area contributed by atoms with E-state index in [9.17, 15) is 4.79 Å². The Hall–Kier alpha value is -0.590. The summed E-state index contributed by atoms with van der Waals surface area (Å²) in [6.07, 6.45) is 9.11. The molecule has 0 N–H and O–H groups in total. The van der Waals surface area contributed by atoms with Gasteiger partial charge in [0, 0.05) is 0 Å². The van der Waals surface area contributed by atoms with Crippen LogP contribution in [-0.4, -0.2) is 6.29 Å². The Labute approximate surface area is 75.9 Å². The molecule has 0 aliphatic carbocycles. The van der Waals surface area contributed by atoms with Crippen LogP contribution in [0.4, 0.5) is 0 Å². The zero-order valence-corrected chi connectivity index (χ0v) is 8.47. The summed E-state index contributed by atoms with van der Waals surface area (Å²) in [6.45, 7) is 6.77.